The summed E-state index contributed by atoms with van der Waals surface area (Å²) in [6.45, 7) is 6.34. The van der Waals surface area contributed by atoms with Gasteiger partial charge in [0.1, 0.15) is 5.82 Å². The highest BCUT2D eigenvalue weighted by Crippen LogP contribution is 2.33. The third-order valence-electron chi connectivity index (χ3n) is 5.91. The van der Waals surface area contributed by atoms with Crippen molar-refractivity contribution in [1.29, 1.82) is 0 Å². The molecule has 7 nitrogen and oxygen atoms in total. The molecule has 0 saturated heterocycles. The maximum absolute atomic E-state index is 13.3. The Balaban J connectivity index is 0.00000167. The molecule has 7 heteroatoms. The maximum Gasteiger partial charge on any atom is 0.261 e. The highest BCUT2D eigenvalue weighted by Gasteiger charge is 2.25. The van der Waals surface area contributed by atoms with Gasteiger partial charge in [0, 0.05) is 19.2 Å². The van der Waals surface area contributed by atoms with Gasteiger partial charge in [0.15, 0.2) is 11.5 Å². The first-order valence-electron chi connectivity index (χ1n) is 11.2. The molecular weight excluding hydrogens is 442 g/mol. The minimum absolute atomic E-state index is 0.130. The molecule has 0 bridgehead atoms. The Morgan fingerprint density at radius 1 is 1.20 bits per heavy atom. The molecule has 0 aliphatic carbocycles. The quantitative estimate of drug-likeness (QED) is 0.384. The van der Waals surface area contributed by atoms with Crippen LogP contribution >= 0.6 is 0 Å². The fourth-order valence-electron chi connectivity index (χ4n) is 3.70. The lowest BCUT2D eigenvalue weighted by Gasteiger charge is -2.27. The first-order valence-corrected chi connectivity index (χ1v) is 11.2. The number of fused-ring (bicyclic) bond motifs is 2. The van der Waals surface area contributed by atoms with E-state index in [9.17, 15) is 9.59 Å². The number of terminal acetylenes is 1. The van der Waals surface area contributed by atoms with E-state index in [1.165, 1.54) is 0 Å². The number of nitrogens with zero attached hydrogens (tertiary/aromatic N) is 3. The Bertz CT molecular complexity index is 1370. The van der Waals surface area contributed by atoms with Crippen molar-refractivity contribution < 1.29 is 14.3 Å². The number of hydrogen-bond donors (Lipinski definition) is 0. The first-order chi connectivity index (χ1) is 16.9. The van der Waals surface area contributed by atoms with Gasteiger partial charge in [-0.15, -0.1) is 12.8 Å². The minimum Gasteiger partial charge on any atom is -0.454 e. The Morgan fingerprint density at radius 3 is 2.66 bits per heavy atom. The Hall–Kier alpha value is -4.31. The van der Waals surface area contributed by atoms with Gasteiger partial charge in [-0.05, 0) is 51.1 Å². The van der Waals surface area contributed by atoms with Crippen molar-refractivity contribution in [3.05, 3.63) is 88.0 Å². The number of amides is 1. The highest BCUT2D eigenvalue weighted by molar-refractivity contribution is 5.95. The van der Waals surface area contributed by atoms with Gasteiger partial charge >= 0.3 is 0 Å². The van der Waals surface area contributed by atoms with Crippen molar-refractivity contribution in [2.75, 3.05) is 13.8 Å². The predicted molar refractivity (Wildman–Crippen MR) is 138 cm³/mol. The van der Waals surface area contributed by atoms with E-state index in [0.29, 0.717) is 40.3 Å². The smallest absolute Gasteiger partial charge is 0.261 e. The van der Waals surface area contributed by atoms with Crippen LogP contribution in [0.3, 0.4) is 0 Å². The molecule has 0 spiro atoms. The molecule has 1 amide bonds. The summed E-state index contributed by atoms with van der Waals surface area (Å²) < 4.78 is 12.4. The van der Waals surface area contributed by atoms with Crippen molar-refractivity contribution in [2.24, 2.45) is 0 Å². The normalized spacial score (nSPS) is 13.4. The number of carbonyl (C=O) groups is 1. The van der Waals surface area contributed by atoms with E-state index in [-0.39, 0.29) is 18.3 Å². The van der Waals surface area contributed by atoms with Crippen molar-refractivity contribution in [3.63, 3.8) is 0 Å². The Morgan fingerprint density at radius 2 is 1.91 bits per heavy atom. The molecule has 2 heterocycles. The van der Waals surface area contributed by atoms with E-state index >= 15 is 0 Å². The van der Waals surface area contributed by atoms with E-state index in [4.69, 9.17) is 14.5 Å². The molecule has 4 rings (SSSR count). The molecule has 0 fully saturated rings. The number of ether oxygens (including phenoxy) is 2. The van der Waals surface area contributed by atoms with Gasteiger partial charge in [0.25, 0.3) is 11.5 Å². The molecule has 1 aliphatic heterocycles. The lowest BCUT2D eigenvalue weighted by atomic mass is 10.1. The molecule has 0 saturated carbocycles. The van der Waals surface area contributed by atoms with Crippen molar-refractivity contribution in [2.45, 2.75) is 33.4 Å². The lowest BCUT2D eigenvalue weighted by molar-refractivity contribution is 0.0733. The van der Waals surface area contributed by atoms with Gasteiger partial charge in [-0.25, -0.2) is 4.98 Å². The summed E-state index contributed by atoms with van der Waals surface area (Å²) in [5.74, 6) is 1.50. The number of rotatable bonds is 6. The van der Waals surface area contributed by atoms with Crippen molar-refractivity contribution in [3.8, 4) is 24.3 Å². The van der Waals surface area contributed by atoms with Crippen LogP contribution in [0.5, 0.6) is 11.5 Å². The number of allylic oxidation sites excluding steroid dienone is 4. The van der Waals surface area contributed by atoms with Gasteiger partial charge in [0.2, 0.25) is 6.79 Å². The number of hydrogen-bond acceptors (Lipinski definition) is 5. The van der Waals surface area contributed by atoms with Crippen molar-refractivity contribution in [1.82, 2.24) is 14.5 Å². The number of para-hydroxylation sites is 1. The predicted octanol–water partition coefficient (Wildman–Crippen LogP) is 4.73. The standard InChI is InChI=1S/C26H27N3O4.C2H2/c1-5-17(2)9-8-14-29-24(27-21-11-7-6-10-20(21)26(29)31)18(3)28(4)25(30)19-12-13-22-23(15-19)33-16-32-22;1-2/h5-13,15,18H,14,16H2,1-4H3;1-2H/b9-8-,17-5-;. The summed E-state index contributed by atoms with van der Waals surface area (Å²) in [5.41, 5.74) is 2.06. The fourth-order valence-corrected chi connectivity index (χ4v) is 3.70. The minimum atomic E-state index is -0.448. The van der Waals surface area contributed by atoms with E-state index in [1.54, 1.807) is 40.8 Å². The number of carbonyl (C=O) groups excluding carboxylic acids is 1. The molecule has 1 aromatic heterocycles. The van der Waals surface area contributed by atoms with Crippen LogP contribution in [0, 0.1) is 12.8 Å². The van der Waals surface area contributed by atoms with Crippen LogP contribution in [-0.2, 0) is 6.54 Å². The van der Waals surface area contributed by atoms with E-state index in [2.05, 4.69) is 12.8 Å². The van der Waals surface area contributed by atoms with Crippen LogP contribution in [-0.4, -0.2) is 34.2 Å². The van der Waals surface area contributed by atoms with Gasteiger partial charge in [-0.3, -0.25) is 14.2 Å². The van der Waals surface area contributed by atoms with Crippen LogP contribution in [0.15, 0.2) is 71.1 Å². The molecule has 3 aromatic rings. The molecule has 180 valence electrons. The van der Waals surface area contributed by atoms with Gasteiger partial charge < -0.3 is 14.4 Å². The SMILES string of the molecule is C#C.C/C=C(C)\C=C/Cn1c(C(C)N(C)C(=O)c2ccc3c(c2)OCO3)nc2ccccc2c1=O. The Labute approximate surface area is 205 Å². The monoisotopic (exact) mass is 471 g/mol. The number of aromatic nitrogens is 2. The first kappa shape index (κ1) is 25.3. The van der Waals surface area contributed by atoms with E-state index in [0.717, 1.165) is 5.57 Å². The second kappa shape index (κ2) is 11.2. The van der Waals surface area contributed by atoms with Gasteiger partial charge in [-0.1, -0.05) is 35.9 Å². The third kappa shape index (κ3) is 5.28. The zero-order valence-corrected chi connectivity index (χ0v) is 20.4. The van der Waals surface area contributed by atoms with Crippen LogP contribution in [0.25, 0.3) is 10.9 Å². The Kier molecular flexibility index (Phi) is 8.11. The summed E-state index contributed by atoms with van der Waals surface area (Å²) >= 11 is 0. The van der Waals surface area contributed by atoms with E-state index < -0.39 is 6.04 Å². The molecule has 1 atom stereocenters. The molecule has 1 aliphatic rings. The average molecular weight is 472 g/mol. The molecule has 0 N–H and O–H groups in total. The fraction of sp³-hybridized carbons (Fsp3) is 0.250. The van der Waals surface area contributed by atoms with Crippen LogP contribution in [0.2, 0.25) is 0 Å². The molecule has 1 unspecified atom stereocenters. The maximum atomic E-state index is 13.3. The zero-order chi connectivity index (χ0) is 25.5. The average Bonchev–Trinajstić information content (AvgIpc) is 3.37. The third-order valence-corrected chi connectivity index (χ3v) is 5.91. The topological polar surface area (TPSA) is 73.7 Å². The summed E-state index contributed by atoms with van der Waals surface area (Å²) in [7, 11) is 1.71. The molecule has 0 radical (unpaired) electrons. The van der Waals surface area contributed by atoms with Gasteiger partial charge in [-0.2, -0.15) is 0 Å². The summed E-state index contributed by atoms with van der Waals surface area (Å²) in [6, 6.07) is 11.9. The molecule has 2 aromatic carbocycles. The van der Waals surface area contributed by atoms with Crippen LogP contribution < -0.4 is 15.0 Å². The van der Waals surface area contributed by atoms with E-state index in [1.807, 2.05) is 57.2 Å². The van der Waals surface area contributed by atoms with Gasteiger partial charge in [0.05, 0.1) is 16.9 Å². The molecular formula is C28H29N3O4. The lowest BCUT2D eigenvalue weighted by Crippen LogP contribution is -2.35. The second-order valence-corrected chi connectivity index (χ2v) is 8.00. The highest BCUT2D eigenvalue weighted by atomic mass is 16.7. The van der Waals surface area contributed by atoms with Crippen LogP contribution in [0.4, 0.5) is 0 Å². The summed E-state index contributed by atoms with van der Waals surface area (Å²) in [4.78, 5) is 33.0. The van der Waals surface area contributed by atoms with Crippen LogP contribution in [0.1, 0.15) is 43.0 Å². The van der Waals surface area contributed by atoms with Crippen molar-refractivity contribution >= 4 is 16.8 Å². The molecule has 35 heavy (non-hydrogen) atoms. The summed E-state index contributed by atoms with van der Waals surface area (Å²) in [6.07, 6.45) is 13.9. The number of benzene rings is 2. The second-order valence-electron chi connectivity index (χ2n) is 8.00. The summed E-state index contributed by atoms with van der Waals surface area (Å²) in [5, 5.41) is 0.550. The zero-order valence-electron chi connectivity index (χ0n) is 20.4. The largest absolute Gasteiger partial charge is 0.454 e.